The van der Waals surface area contributed by atoms with Crippen LogP contribution < -0.4 is 5.11 Å². The van der Waals surface area contributed by atoms with Gasteiger partial charge in [-0.3, -0.25) is 9.59 Å². The number of carboxylic acids is 1. The number of rotatable bonds is 40. The van der Waals surface area contributed by atoms with Crippen LogP contribution in [0.25, 0.3) is 0 Å². The van der Waals surface area contributed by atoms with E-state index in [1.807, 2.05) is 0 Å². The highest BCUT2D eigenvalue weighted by atomic mass is 16.6. The minimum Gasteiger partial charge on any atom is -0.544 e. The molecule has 0 rings (SSSR count). The third-order valence-corrected chi connectivity index (χ3v) is 9.77. The second-order valence-electron chi connectivity index (χ2n) is 16.3. The fourth-order valence-corrected chi connectivity index (χ4v) is 6.18. The minimum absolute atomic E-state index is 0.0186. The summed E-state index contributed by atoms with van der Waals surface area (Å²) in [7, 11) is 5.38. The molecule has 0 aromatic heterocycles. The lowest BCUT2D eigenvalue weighted by Crippen LogP contribution is -2.55. The predicted molar refractivity (Wildman–Crippen MR) is 245 cm³/mol. The van der Waals surface area contributed by atoms with Gasteiger partial charge in [0.2, 0.25) is 0 Å². The zero-order valence-electron chi connectivity index (χ0n) is 38.1. The van der Waals surface area contributed by atoms with Gasteiger partial charge in [0.15, 0.2) is 6.10 Å². The molecule has 0 aromatic carbocycles. The number of allylic oxidation sites excluding steroid dienone is 14. The quantitative estimate of drug-likeness (QED) is 0.0262. The molecular weight excluding hydrogens is 739 g/mol. The van der Waals surface area contributed by atoms with Crippen molar-refractivity contribution in [3.05, 3.63) is 85.1 Å². The maximum atomic E-state index is 12.7. The number of carbonyl (C=O) groups is 3. The molecular formula is C51H85NO7. The summed E-state index contributed by atoms with van der Waals surface area (Å²) in [6.45, 7) is 4.46. The maximum absolute atomic E-state index is 12.7. The number of hydrogen-bond donors (Lipinski definition) is 0. The third kappa shape index (κ3) is 39.7. The summed E-state index contributed by atoms with van der Waals surface area (Å²) < 4.78 is 17.1. The standard InChI is InChI=1S/C51H85NO7/c1-6-8-10-12-14-16-18-20-22-23-24-25-26-27-28-30-31-33-35-37-39-41-49(53)58-46-47(45-57-44-43-48(51(55)56)52(3,4)5)59-50(54)42-40-38-36-34-32-29-21-19-17-15-13-11-9-7-2/h9,11,14-17,20,22,24-25,27-28,31,33,47-48H,6-8,10,12-13,18-19,21,23,26,29-30,32,34-46H2,1-5H3/b11-9+,16-14+,17-15+,22-20+,25-24+,28-27+,33-31+. The lowest BCUT2D eigenvalue weighted by molar-refractivity contribution is -0.889. The number of ether oxygens (including phenoxy) is 3. The summed E-state index contributed by atoms with van der Waals surface area (Å²) in [5.41, 5.74) is 0. The molecule has 0 radical (unpaired) electrons. The Labute approximate surface area is 361 Å². The molecule has 0 aliphatic rings. The Kier molecular flexibility index (Phi) is 38.8. The van der Waals surface area contributed by atoms with E-state index in [9.17, 15) is 19.5 Å². The molecule has 0 heterocycles. The number of esters is 2. The number of nitrogens with zero attached hydrogens (tertiary/aromatic N) is 1. The normalized spacial score (nSPS) is 13.7. The number of carboxylic acid groups (broad SMARTS) is 1. The summed E-state index contributed by atoms with van der Waals surface area (Å²) in [5, 5.41) is 11.6. The summed E-state index contributed by atoms with van der Waals surface area (Å²) in [4.78, 5) is 36.9. The Bertz CT molecular complexity index is 1240. The summed E-state index contributed by atoms with van der Waals surface area (Å²) in [6, 6.07) is -0.738. The number of unbranched alkanes of at least 4 members (excludes halogenated alkanes) is 12. The van der Waals surface area contributed by atoms with Crippen LogP contribution in [0.1, 0.15) is 168 Å². The molecule has 0 bridgehead atoms. The molecule has 336 valence electrons. The molecule has 8 heteroatoms. The van der Waals surface area contributed by atoms with Gasteiger partial charge in [-0.1, -0.05) is 144 Å². The second-order valence-corrected chi connectivity index (χ2v) is 16.3. The number of carbonyl (C=O) groups excluding carboxylic acids is 3. The van der Waals surface area contributed by atoms with Crippen LogP contribution in [-0.4, -0.2) is 75.5 Å². The largest absolute Gasteiger partial charge is 0.544 e. The molecule has 2 atom stereocenters. The van der Waals surface area contributed by atoms with Gasteiger partial charge in [0, 0.05) is 19.3 Å². The van der Waals surface area contributed by atoms with Gasteiger partial charge in [0.05, 0.1) is 40.3 Å². The molecule has 0 aliphatic heterocycles. The van der Waals surface area contributed by atoms with E-state index in [-0.39, 0.29) is 49.1 Å². The predicted octanol–water partition coefficient (Wildman–Crippen LogP) is 11.6. The van der Waals surface area contributed by atoms with Crippen molar-refractivity contribution >= 4 is 17.9 Å². The molecule has 59 heavy (non-hydrogen) atoms. The zero-order chi connectivity index (χ0) is 43.5. The van der Waals surface area contributed by atoms with Crippen LogP contribution in [-0.2, 0) is 28.6 Å². The van der Waals surface area contributed by atoms with Crippen LogP contribution in [0.4, 0.5) is 0 Å². The van der Waals surface area contributed by atoms with E-state index in [1.54, 1.807) is 21.1 Å². The highest BCUT2D eigenvalue weighted by Crippen LogP contribution is 2.13. The van der Waals surface area contributed by atoms with Crippen LogP contribution in [0.2, 0.25) is 0 Å². The Morgan fingerprint density at radius 3 is 1.44 bits per heavy atom. The zero-order valence-corrected chi connectivity index (χ0v) is 38.1. The molecule has 8 nitrogen and oxygen atoms in total. The SMILES string of the molecule is CC/C=C/C/C=C/CCCCCCCCCC(=O)OC(COCCC(C(=O)[O-])[N+](C)(C)C)COC(=O)CCCC/C=C/C/C=C/C/C=C/C/C=C/C/C=C/CCCCC. The van der Waals surface area contributed by atoms with Gasteiger partial charge in [0.1, 0.15) is 12.6 Å². The van der Waals surface area contributed by atoms with Gasteiger partial charge in [-0.25, -0.2) is 0 Å². The Hall–Kier alpha value is -3.49. The fraction of sp³-hybridized carbons (Fsp3) is 0.667. The summed E-state index contributed by atoms with van der Waals surface area (Å²) >= 11 is 0. The van der Waals surface area contributed by atoms with E-state index in [2.05, 4.69) is 98.9 Å². The Morgan fingerprint density at radius 1 is 0.525 bits per heavy atom. The van der Waals surface area contributed by atoms with Gasteiger partial charge in [-0.05, 0) is 89.9 Å². The van der Waals surface area contributed by atoms with E-state index in [4.69, 9.17) is 14.2 Å². The lowest BCUT2D eigenvalue weighted by Gasteiger charge is -2.34. The summed E-state index contributed by atoms with van der Waals surface area (Å²) in [6.07, 6.45) is 53.2. The van der Waals surface area contributed by atoms with Crippen molar-refractivity contribution in [3.63, 3.8) is 0 Å². The first kappa shape index (κ1) is 55.5. The van der Waals surface area contributed by atoms with Crippen LogP contribution in [0.3, 0.4) is 0 Å². The molecule has 0 fully saturated rings. The minimum atomic E-state index is -1.14. The van der Waals surface area contributed by atoms with Crippen LogP contribution in [0, 0.1) is 0 Å². The van der Waals surface area contributed by atoms with Crippen molar-refractivity contribution in [1.82, 2.24) is 0 Å². The van der Waals surface area contributed by atoms with Crippen molar-refractivity contribution in [2.75, 3.05) is 41.0 Å². The molecule has 0 saturated heterocycles. The number of quaternary nitrogens is 1. The Balaban J connectivity index is 4.41. The average Bonchev–Trinajstić information content (AvgIpc) is 3.19. The van der Waals surface area contributed by atoms with Gasteiger partial charge in [0.25, 0.3) is 0 Å². The smallest absolute Gasteiger partial charge is 0.306 e. The molecule has 0 saturated carbocycles. The van der Waals surface area contributed by atoms with Gasteiger partial charge >= 0.3 is 11.9 Å². The van der Waals surface area contributed by atoms with Crippen LogP contribution in [0.5, 0.6) is 0 Å². The molecule has 0 spiro atoms. The van der Waals surface area contributed by atoms with Crippen molar-refractivity contribution < 1.29 is 38.2 Å². The highest BCUT2D eigenvalue weighted by molar-refractivity contribution is 5.70. The van der Waals surface area contributed by atoms with Crippen molar-refractivity contribution in [3.8, 4) is 0 Å². The fourth-order valence-electron chi connectivity index (χ4n) is 6.18. The first-order chi connectivity index (χ1) is 28.6. The van der Waals surface area contributed by atoms with E-state index in [1.165, 1.54) is 44.9 Å². The molecule has 0 aliphatic carbocycles. The molecule has 0 amide bonds. The van der Waals surface area contributed by atoms with E-state index < -0.39 is 18.1 Å². The summed E-state index contributed by atoms with van der Waals surface area (Å²) in [5.74, 6) is -1.81. The van der Waals surface area contributed by atoms with E-state index in [0.717, 1.165) is 83.5 Å². The monoisotopic (exact) mass is 824 g/mol. The van der Waals surface area contributed by atoms with E-state index in [0.29, 0.717) is 12.8 Å². The van der Waals surface area contributed by atoms with E-state index >= 15 is 0 Å². The number of aliphatic carboxylic acids is 1. The molecule has 0 N–H and O–H groups in total. The van der Waals surface area contributed by atoms with Crippen molar-refractivity contribution in [1.29, 1.82) is 0 Å². The van der Waals surface area contributed by atoms with Gasteiger partial charge in [-0.2, -0.15) is 0 Å². The van der Waals surface area contributed by atoms with Crippen molar-refractivity contribution in [2.45, 2.75) is 180 Å². The Morgan fingerprint density at radius 2 is 0.949 bits per heavy atom. The second kappa shape index (κ2) is 41.3. The first-order valence-corrected chi connectivity index (χ1v) is 23.1. The van der Waals surface area contributed by atoms with Gasteiger partial charge < -0.3 is 28.6 Å². The lowest BCUT2D eigenvalue weighted by atomic mass is 10.1. The van der Waals surface area contributed by atoms with Crippen LogP contribution in [0.15, 0.2) is 85.1 Å². The number of hydrogen-bond acceptors (Lipinski definition) is 7. The van der Waals surface area contributed by atoms with Crippen molar-refractivity contribution in [2.24, 2.45) is 0 Å². The average molecular weight is 824 g/mol. The van der Waals surface area contributed by atoms with Gasteiger partial charge in [-0.15, -0.1) is 0 Å². The first-order valence-electron chi connectivity index (χ1n) is 23.1. The highest BCUT2D eigenvalue weighted by Gasteiger charge is 2.25. The molecule has 0 aromatic rings. The van der Waals surface area contributed by atoms with Crippen LogP contribution >= 0.6 is 0 Å². The topological polar surface area (TPSA) is 102 Å². The molecule has 2 unspecified atom stereocenters. The number of likely N-dealkylation sites (N-methyl/N-ethyl adjacent to an activating group) is 1. The third-order valence-electron chi connectivity index (χ3n) is 9.77. The maximum Gasteiger partial charge on any atom is 0.306 e.